The van der Waals surface area contributed by atoms with Crippen LogP contribution in [0.5, 0.6) is 11.5 Å². The number of aromatic nitrogens is 4. The lowest BCUT2D eigenvalue weighted by atomic mass is 9.91. The predicted molar refractivity (Wildman–Crippen MR) is 107 cm³/mol. The molecule has 1 aromatic heterocycles. The van der Waals surface area contributed by atoms with Gasteiger partial charge >= 0.3 is 0 Å². The Bertz CT molecular complexity index is 952. The van der Waals surface area contributed by atoms with E-state index >= 15 is 0 Å². The van der Waals surface area contributed by atoms with Crippen LogP contribution in [0.4, 0.5) is 5.95 Å². The van der Waals surface area contributed by atoms with E-state index in [1.54, 1.807) is 14.2 Å². The van der Waals surface area contributed by atoms with Crippen LogP contribution in [0.3, 0.4) is 0 Å². The van der Waals surface area contributed by atoms with E-state index in [1.807, 2.05) is 22.9 Å². The second-order valence-electron chi connectivity index (χ2n) is 7.32. The zero-order valence-corrected chi connectivity index (χ0v) is 16.6. The Morgan fingerprint density at radius 2 is 1.86 bits per heavy atom. The van der Waals surface area contributed by atoms with Gasteiger partial charge in [-0.3, -0.25) is 0 Å². The minimum Gasteiger partial charge on any atom is -0.497 e. The molecule has 1 aliphatic heterocycles. The third kappa shape index (κ3) is 3.28. The molecule has 7 heteroatoms. The quantitative estimate of drug-likeness (QED) is 0.723. The van der Waals surface area contributed by atoms with E-state index in [0.717, 1.165) is 23.5 Å². The lowest BCUT2D eigenvalue weighted by Gasteiger charge is -2.32. The fraction of sp³-hybridized carbons (Fsp3) is 0.381. The zero-order valence-electron chi connectivity index (χ0n) is 16.6. The molecular formula is C21H25N5O2. The predicted octanol–water partition coefficient (Wildman–Crippen LogP) is 3.96. The fourth-order valence-corrected chi connectivity index (χ4v) is 3.73. The molecule has 2 heterocycles. The molecule has 0 saturated heterocycles. The summed E-state index contributed by atoms with van der Waals surface area (Å²) in [5.74, 6) is 2.73. The van der Waals surface area contributed by atoms with Crippen LogP contribution in [0.2, 0.25) is 0 Å². The van der Waals surface area contributed by atoms with Crippen LogP contribution in [0.1, 0.15) is 55.0 Å². The number of nitrogens with zero attached hydrogens (tertiary/aromatic N) is 4. The van der Waals surface area contributed by atoms with Gasteiger partial charge in [0.15, 0.2) is 0 Å². The number of rotatable bonds is 5. The van der Waals surface area contributed by atoms with E-state index in [2.05, 4.69) is 59.0 Å². The van der Waals surface area contributed by atoms with Crippen molar-refractivity contribution in [1.82, 2.24) is 20.2 Å². The molecule has 2 atom stereocenters. The second-order valence-corrected chi connectivity index (χ2v) is 7.32. The summed E-state index contributed by atoms with van der Waals surface area (Å²) in [5.41, 5.74) is 3.54. The first-order valence-corrected chi connectivity index (χ1v) is 9.47. The molecule has 0 bridgehead atoms. The summed E-state index contributed by atoms with van der Waals surface area (Å²) in [4.78, 5) is 0. The topological polar surface area (TPSA) is 74.1 Å². The molecule has 7 nitrogen and oxygen atoms in total. The molecule has 0 spiro atoms. The van der Waals surface area contributed by atoms with Crippen molar-refractivity contribution in [3.05, 3.63) is 59.2 Å². The van der Waals surface area contributed by atoms with Gasteiger partial charge in [0.1, 0.15) is 11.5 Å². The van der Waals surface area contributed by atoms with Gasteiger partial charge in [0, 0.05) is 5.56 Å². The lowest BCUT2D eigenvalue weighted by Crippen LogP contribution is -2.28. The molecule has 0 radical (unpaired) electrons. The zero-order chi connectivity index (χ0) is 19.7. The van der Waals surface area contributed by atoms with Gasteiger partial charge in [-0.25, -0.2) is 4.68 Å². The SMILES string of the molecule is COc1ccc(OC)c(C2CC(c3ccc(C(C)C)cc3)Nc3nnnn32)c1. The molecule has 3 aromatic rings. The smallest absolute Gasteiger partial charge is 0.243 e. The van der Waals surface area contributed by atoms with Gasteiger partial charge in [0.05, 0.1) is 26.3 Å². The van der Waals surface area contributed by atoms with Gasteiger partial charge in [-0.2, -0.15) is 0 Å². The Balaban J connectivity index is 1.72. The molecule has 28 heavy (non-hydrogen) atoms. The molecule has 0 fully saturated rings. The van der Waals surface area contributed by atoms with Gasteiger partial charge in [-0.05, 0) is 52.1 Å². The standard InChI is InChI=1S/C21H25N5O2/c1-13(2)14-5-7-15(8-6-14)18-12-19(26-21(22-18)23-24-25-26)17-11-16(27-3)9-10-20(17)28-4/h5-11,13,18-19H,12H2,1-4H3,(H,22,23,25). The minimum atomic E-state index is -0.0638. The highest BCUT2D eigenvalue weighted by atomic mass is 16.5. The van der Waals surface area contributed by atoms with Crippen molar-refractivity contribution in [1.29, 1.82) is 0 Å². The summed E-state index contributed by atoms with van der Waals surface area (Å²) in [6.07, 6.45) is 0.794. The van der Waals surface area contributed by atoms with Crippen molar-refractivity contribution in [3.63, 3.8) is 0 Å². The number of hydrogen-bond donors (Lipinski definition) is 1. The van der Waals surface area contributed by atoms with Gasteiger partial charge in [-0.1, -0.05) is 43.2 Å². The third-order valence-electron chi connectivity index (χ3n) is 5.35. The first-order valence-electron chi connectivity index (χ1n) is 9.47. The lowest BCUT2D eigenvalue weighted by molar-refractivity contribution is 0.371. The highest BCUT2D eigenvalue weighted by Gasteiger charge is 2.32. The number of fused-ring (bicyclic) bond motifs is 1. The molecule has 0 aliphatic carbocycles. The Morgan fingerprint density at radius 3 is 2.54 bits per heavy atom. The van der Waals surface area contributed by atoms with Crippen LogP contribution in [0.15, 0.2) is 42.5 Å². The number of tetrazole rings is 1. The number of anilines is 1. The number of methoxy groups -OCH3 is 2. The number of hydrogen-bond acceptors (Lipinski definition) is 6. The molecule has 0 amide bonds. The van der Waals surface area contributed by atoms with E-state index in [1.165, 1.54) is 11.1 Å². The monoisotopic (exact) mass is 379 g/mol. The Morgan fingerprint density at radius 1 is 1.07 bits per heavy atom. The molecule has 146 valence electrons. The molecule has 4 rings (SSSR count). The van der Waals surface area contributed by atoms with Crippen molar-refractivity contribution in [2.75, 3.05) is 19.5 Å². The van der Waals surface area contributed by atoms with Crippen molar-refractivity contribution in [3.8, 4) is 11.5 Å². The van der Waals surface area contributed by atoms with Gasteiger partial charge in [-0.15, -0.1) is 0 Å². The van der Waals surface area contributed by atoms with E-state index < -0.39 is 0 Å². The maximum Gasteiger partial charge on any atom is 0.243 e. The summed E-state index contributed by atoms with van der Waals surface area (Å²) in [5, 5.41) is 15.7. The van der Waals surface area contributed by atoms with E-state index in [4.69, 9.17) is 9.47 Å². The van der Waals surface area contributed by atoms with Crippen molar-refractivity contribution >= 4 is 5.95 Å². The van der Waals surface area contributed by atoms with Gasteiger partial charge in [0.2, 0.25) is 5.95 Å². The maximum absolute atomic E-state index is 5.61. The van der Waals surface area contributed by atoms with Crippen molar-refractivity contribution in [2.45, 2.75) is 38.3 Å². The first kappa shape index (κ1) is 18.3. The number of ether oxygens (including phenoxy) is 2. The fourth-order valence-electron chi connectivity index (χ4n) is 3.73. The first-order chi connectivity index (χ1) is 13.6. The molecule has 2 unspecified atom stereocenters. The molecule has 2 aromatic carbocycles. The van der Waals surface area contributed by atoms with Crippen molar-refractivity contribution in [2.24, 2.45) is 0 Å². The van der Waals surface area contributed by atoms with Crippen LogP contribution in [0, 0.1) is 0 Å². The average Bonchev–Trinajstić information content (AvgIpc) is 3.21. The van der Waals surface area contributed by atoms with Crippen molar-refractivity contribution < 1.29 is 9.47 Å². The Hall–Kier alpha value is -3.09. The Labute approximate surface area is 164 Å². The Kier molecular flexibility index (Phi) is 4.90. The van der Waals surface area contributed by atoms with Crippen LogP contribution in [0.25, 0.3) is 0 Å². The normalized spacial score (nSPS) is 18.5. The summed E-state index contributed by atoms with van der Waals surface area (Å²) in [6.45, 7) is 4.40. The van der Waals surface area contributed by atoms with E-state index in [9.17, 15) is 0 Å². The van der Waals surface area contributed by atoms with Crippen LogP contribution >= 0.6 is 0 Å². The van der Waals surface area contributed by atoms with E-state index in [-0.39, 0.29) is 12.1 Å². The molecule has 1 aliphatic rings. The molecule has 1 N–H and O–H groups in total. The largest absolute Gasteiger partial charge is 0.497 e. The number of nitrogens with one attached hydrogen (secondary N) is 1. The highest BCUT2D eigenvalue weighted by Crippen LogP contribution is 2.41. The summed E-state index contributed by atoms with van der Waals surface area (Å²) in [6, 6.07) is 14.6. The number of benzene rings is 2. The highest BCUT2D eigenvalue weighted by molar-refractivity contribution is 5.46. The van der Waals surface area contributed by atoms with Crippen LogP contribution < -0.4 is 14.8 Å². The van der Waals surface area contributed by atoms with Crippen LogP contribution in [-0.4, -0.2) is 34.4 Å². The van der Waals surface area contributed by atoms with Gasteiger partial charge < -0.3 is 14.8 Å². The molecule has 0 saturated carbocycles. The maximum atomic E-state index is 5.61. The minimum absolute atomic E-state index is 0.0638. The second kappa shape index (κ2) is 7.50. The molecular weight excluding hydrogens is 354 g/mol. The van der Waals surface area contributed by atoms with Crippen LogP contribution in [-0.2, 0) is 0 Å². The van der Waals surface area contributed by atoms with E-state index in [0.29, 0.717) is 11.9 Å². The average molecular weight is 379 g/mol. The summed E-state index contributed by atoms with van der Waals surface area (Å²) < 4.78 is 12.9. The summed E-state index contributed by atoms with van der Waals surface area (Å²) >= 11 is 0. The van der Waals surface area contributed by atoms with Gasteiger partial charge in [0.25, 0.3) is 0 Å². The third-order valence-corrected chi connectivity index (χ3v) is 5.35. The summed E-state index contributed by atoms with van der Waals surface area (Å²) in [7, 11) is 3.34.